The predicted molar refractivity (Wildman–Crippen MR) is 95.8 cm³/mol. The van der Waals surface area contributed by atoms with E-state index in [2.05, 4.69) is 50.2 Å². The zero-order chi connectivity index (χ0) is 14.7. The minimum Gasteiger partial charge on any atom is -0.506 e. The van der Waals surface area contributed by atoms with Crippen LogP contribution in [0.1, 0.15) is 15.9 Å². The summed E-state index contributed by atoms with van der Waals surface area (Å²) in [6, 6.07) is 10.4. The van der Waals surface area contributed by atoms with Gasteiger partial charge in [0.2, 0.25) is 5.91 Å². The number of rotatable bonds is 3. The summed E-state index contributed by atoms with van der Waals surface area (Å²) >= 11 is 4.26. The van der Waals surface area contributed by atoms with Gasteiger partial charge in [0.05, 0.1) is 9.26 Å². The first kappa shape index (κ1) is 15.2. The van der Waals surface area contributed by atoms with E-state index in [0.29, 0.717) is 16.8 Å². The maximum atomic E-state index is 11.0. The Bertz CT molecular complexity index is 682. The van der Waals surface area contributed by atoms with E-state index in [1.807, 2.05) is 12.1 Å². The molecule has 0 aliphatic carbocycles. The second-order valence-electron chi connectivity index (χ2n) is 3.99. The minimum absolute atomic E-state index is 0.212. The van der Waals surface area contributed by atoms with Gasteiger partial charge in [0.1, 0.15) is 5.75 Å². The van der Waals surface area contributed by atoms with Crippen molar-refractivity contribution in [3.8, 4) is 5.75 Å². The summed E-state index contributed by atoms with van der Waals surface area (Å²) in [5, 5.41) is 9.95. The van der Waals surface area contributed by atoms with Gasteiger partial charge in [0.25, 0.3) is 0 Å². The highest BCUT2D eigenvalue weighted by Crippen LogP contribution is 2.26. The molecule has 0 unspecified atom stereocenters. The molecule has 0 spiro atoms. The van der Waals surface area contributed by atoms with Crippen molar-refractivity contribution >= 4 is 63.0 Å². The smallest absolute Gasteiger partial charge is 0.248 e. The lowest BCUT2D eigenvalue weighted by Gasteiger charge is -2.03. The number of hydrogen-bond donors (Lipinski definition) is 2. The number of nitrogens with zero attached hydrogens (tertiary/aromatic N) is 1. The average Bonchev–Trinajstić information content (AvgIpc) is 2.41. The van der Waals surface area contributed by atoms with Crippen LogP contribution in [0, 0.1) is 7.14 Å². The van der Waals surface area contributed by atoms with Crippen LogP contribution in [0.15, 0.2) is 41.4 Å². The molecule has 102 valence electrons. The third kappa shape index (κ3) is 3.69. The maximum absolute atomic E-state index is 11.0. The van der Waals surface area contributed by atoms with E-state index in [0.717, 1.165) is 7.14 Å². The number of hydrogen-bond acceptors (Lipinski definition) is 3. The van der Waals surface area contributed by atoms with Gasteiger partial charge in [-0.25, -0.2) is 0 Å². The van der Waals surface area contributed by atoms with E-state index in [1.54, 1.807) is 30.5 Å². The minimum atomic E-state index is -0.467. The molecule has 4 nitrogen and oxygen atoms in total. The lowest BCUT2D eigenvalue weighted by Crippen LogP contribution is -2.10. The third-order valence-electron chi connectivity index (χ3n) is 2.56. The molecule has 1 amide bonds. The van der Waals surface area contributed by atoms with Crippen molar-refractivity contribution in [3.63, 3.8) is 0 Å². The first-order chi connectivity index (χ1) is 9.47. The number of aromatic hydroxyl groups is 1. The molecule has 0 aliphatic rings. The molecular formula is C14H10I2N2O2. The van der Waals surface area contributed by atoms with Crippen LogP contribution >= 0.6 is 45.2 Å². The van der Waals surface area contributed by atoms with Crippen molar-refractivity contribution < 1.29 is 9.90 Å². The summed E-state index contributed by atoms with van der Waals surface area (Å²) in [5.74, 6) is -0.256. The fourth-order valence-corrected chi connectivity index (χ4v) is 3.43. The molecule has 0 bridgehead atoms. The molecule has 2 aromatic carbocycles. The Morgan fingerprint density at radius 3 is 2.45 bits per heavy atom. The van der Waals surface area contributed by atoms with Crippen LogP contribution in [-0.2, 0) is 0 Å². The summed E-state index contributed by atoms with van der Waals surface area (Å²) in [6.07, 6.45) is 1.60. The molecule has 3 N–H and O–H groups in total. The van der Waals surface area contributed by atoms with Gasteiger partial charge in [-0.15, -0.1) is 0 Å². The summed E-state index contributed by atoms with van der Waals surface area (Å²) in [6.45, 7) is 0. The number of phenolic OH excluding ortho intramolecular Hbond substituents is 1. The largest absolute Gasteiger partial charge is 0.506 e. The fourth-order valence-electron chi connectivity index (χ4n) is 1.54. The Labute approximate surface area is 143 Å². The molecular weight excluding hydrogens is 482 g/mol. The topological polar surface area (TPSA) is 75.7 Å². The summed E-state index contributed by atoms with van der Waals surface area (Å²) in [5.41, 5.74) is 6.95. The highest BCUT2D eigenvalue weighted by atomic mass is 127. The van der Waals surface area contributed by atoms with Crippen LogP contribution in [0.4, 0.5) is 5.69 Å². The number of phenols is 1. The Hall–Kier alpha value is -1.16. The summed E-state index contributed by atoms with van der Waals surface area (Å²) in [7, 11) is 0. The molecule has 0 saturated carbocycles. The van der Waals surface area contributed by atoms with Crippen molar-refractivity contribution in [1.29, 1.82) is 0 Å². The molecule has 2 aromatic rings. The van der Waals surface area contributed by atoms with Crippen LogP contribution in [0.2, 0.25) is 0 Å². The number of halogens is 2. The van der Waals surface area contributed by atoms with Gasteiger partial charge in [0, 0.05) is 20.9 Å². The SMILES string of the molecule is NC(=O)c1ccc(N=Cc2cc(I)cc(I)c2O)cc1. The Balaban J connectivity index is 2.27. The zero-order valence-corrected chi connectivity index (χ0v) is 14.5. The Morgan fingerprint density at radius 2 is 1.85 bits per heavy atom. The molecule has 0 saturated heterocycles. The lowest BCUT2D eigenvalue weighted by molar-refractivity contribution is 0.100. The molecule has 20 heavy (non-hydrogen) atoms. The number of carbonyl (C=O) groups excluding carboxylic acids is 1. The van der Waals surface area contributed by atoms with Gasteiger partial charge in [-0.1, -0.05) is 0 Å². The van der Waals surface area contributed by atoms with Crippen molar-refractivity contribution in [3.05, 3.63) is 54.7 Å². The van der Waals surface area contributed by atoms with Crippen molar-refractivity contribution in [2.75, 3.05) is 0 Å². The normalized spacial score (nSPS) is 10.9. The van der Waals surface area contributed by atoms with Crippen molar-refractivity contribution in [2.24, 2.45) is 10.7 Å². The number of aliphatic imine (C=N–C) groups is 1. The van der Waals surface area contributed by atoms with Gasteiger partial charge in [0.15, 0.2) is 0 Å². The lowest BCUT2D eigenvalue weighted by atomic mass is 10.2. The molecule has 0 heterocycles. The van der Waals surface area contributed by atoms with Gasteiger partial charge >= 0.3 is 0 Å². The zero-order valence-electron chi connectivity index (χ0n) is 10.2. The van der Waals surface area contributed by atoms with Crippen molar-refractivity contribution in [1.82, 2.24) is 0 Å². The van der Waals surface area contributed by atoms with Gasteiger partial charge in [-0.3, -0.25) is 9.79 Å². The van der Waals surface area contributed by atoms with Gasteiger partial charge < -0.3 is 10.8 Å². The standard InChI is InChI=1S/C14H10I2N2O2/c15-10-5-9(13(19)12(16)6-10)7-18-11-3-1-8(2-4-11)14(17)20/h1-7,19H,(H2,17,20). The van der Waals surface area contributed by atoms with Crippen LogP contribution in [0.25, 0.3) is 0 Å². The Morgan fingerprint density at radius 1 is 1.20 bits per heavy atom. The summed E-state index contributed by atoms with van der Waals surface area (Å²) < 4.78 is 1.80. The predicted octanol–water partition coefficient (Wildman–Crippen LogP) is 3.45. The van der Waals surface area contributed by atoms with Crippen molar-refractivity contribution in [2.45, 2.75) is 0 Å². The molecule has 0 atom stereocenters. The third-order valence-corrected chi connectivity index (χ3v) is 4.01. The van der Waals surface area contributed by atoms with Gasteiger partial charge in [-0.05, 0) is 81.6 Å². The van der Waals surface area contributed by atoms with E-state index < -0.39 is 5.91 Å². The molecule has 6 heteroatoms. The first-order valence-electron chi connectivity index (χ1n) is 5.59. The fraction of sp³-hybridized carbons (Fsp3) is 0. The molecule has 2 rings (SSSR count). The average molecular weight is 492 g/mol. The summed E-state index contributed by atoms with van der Waals surface area (Å²) in [4.78, 5) is 15.2. The molecule has 0 fully saturated rings. The van der Waals surface area contributed by atoms with E-state index >= 15 is 0 Å². The second kappa shape index (κ2) is 6.53. The van der Waals surface area contributed by atoms with E-state index in [1.165, 1.54) is 0 Å². The second-order valence-corrected chi connectivity index (χ2v) is 6.40. The van der Waals surface area contributed by atoms with Crippen LogP contribution in [0.5, 0.6) is 5.75 Å². The highest BCUT2D eigenvalue weighted by Gasteiger charge is 2.05. The number of amides is 1. The van der Waals surface area contributed by atoms with Crippen LogP contribution in [0.3, 0.4) is 0 Å². The van der Waals surface area contributed by atoms with E-state index in [9.17, 15) is 9.90 Å². The quantitative estimate of drug-likeness (QED) is 0.509. The highest BCUT2D eigenvalue weighted by molar-refractivity contribution is 14.1. The first-order valence-corrected chi connectivity index (χ1v) is 7.75. The monoisotopic (exact) mass is 492 g/mol. The van der Waals surface area contributed by atoms with Crippen LogP contribution in [-0.4, -0.2) is 17.2 Å². The number of primary amides is 1. The number of nitrogens with two attached hydrogens (primary N) is 1. The van der Waals surface area contributed by atoms with E-state index in [-0.39, 0.29) is 5.75 Å². The van der Waals surface area contributed by atoms with E-state index in [4.69, 9.17) is 5.73 Å². The van der Waals surface area contributed by atoms with Crippen LogP contribution < -0.4 is 5.73 Å². The van der Waals surface area contributed by atoms with Gasteiger partial charge in [-0.2, -0.15) is 0 Å². The molecule has 0 aromatic heterocycles. The number of carbonyl (C=O) groups is 1. The maximum Gasteiger partial charge on any atom is 0.248 e. The number of benzene rings is 2. The Kier molecular flexibility index (Phi) is 4.97. The molecule has 0 radical (unpaired) electrons. The molecule has 0 aliphatic heterocycles.